The van der Waals surface area contributed by atoms with Gasteiger partial charge in [-0.3, -0.25) is 0 Å². The van der Waals surface area contributed by atoms with Gasteiger partial charge in [-0.1, -0.05) is 42.4 Å². The molecule has 0 fully saturated rings. The fraction of sp³-hybridized carbons (Fsp3) is 0.0667. The van der Waals surface area contributed by atoms with Crippen LogP contribution in [0.2, 0.25) is 0 Å². The van der Waals surface area contributed by atoms with Crippen molar-refractivity contribution in [2.24, 2.45) is 4.99 Å². The first-order valence-corrected chi connectivity index (χ1v) is 5.33. The first-order valence-electron chi connectivity index (χ1n) is 5.33. The molecule has 0 spiro atoms. The van der Waals surface area contributed by atoms with Crippen molar-refractivity contribution < 1.29 is 18.9 Å². The topological polar surface area (TPSA) is 12.4 Å². The van der Waals surface area contributed by atoms with Gasteiger partial charge in [0.1, 0.15) is 0 Å². The molecule has 17 heavy (non-hydrogen) atoms. The molecule has 0 atom stereocenters. The van der Waals surface area contributed by atoms with Crippen molar-refractivity contribution in [1.82, 2.24) is 0 Å². The number of aliphatic imine (C=N–C) groups is 1. The maximum absolute atomic E-state index is 4.30. The van der Waals surface area contributed by atoms with E-state index in [1.54, 1.807) is 0 Å². The number of nitrogens with zero attached hydrogens (tertiary/aromatic N) is 1. The van der Waals surface area contributed by atoms with Crippen LogP contribution in [0, 0.1) is 13.5 Å². The Labute approximate surface area is 115 Å². The molecule has 0 radical (unpaired) electrons. The summed E-state index contributed by atoms with van der Waals surface area (Å²) in [5, 5.41) is 0. The van der Waals surface area contributed by atoms with Crippen LogP contribution in [-0.4, -0.2) is 6.21 Å². The SMILES string of the molecule is Cc1cccc(C=N[CH-]c2ccccc2)c1.[Li+]. The van der Waals surface area contributed by atoms with E-state index in [4.69, 9.17) is 0 Å². The van der Waals surface area contributed by atoms with Crippen LogP contribution >= 0.6 is 0 Å². The number of hydrogen-bond acceptors (Lipinski definition) is 1. The molecular weight excluding hydrogens is 201 g/mol. The Hall–Kier alpha value is -1.42. The molecule has 0 N–H and O–H groups in total. The van der Waals surface area contributed by atoms with Crippen LogP contribution in [0.15, 0.2) is 59.6 Å². The van der Waals surface area contributed by atoms with Crippen LogP contribution in [0.5, 0.6) is 0 Å². The van der Waals surface area contributed by atoms with E-state index in [-0.39, 0.29) is 18.9 Å². The zero-order valence-corrected chi connectivity index (χ0v) is 10.3. The van der Waals surface area contributed by atoms with Crippen molar-refractivity contribution in [3.8, 4) is 0 Å². The van der Waals surface area contributed by atoms with Gasteiger partial charge in [-0.2, -0.15) is 0 Å². The summed E-state index contributed by atoms with van der Waals surface area (Å²) in [7, 11) is 0. The average Bonchev–Trinajstić information content (AvgIpc) is 2.30. The van der Waals surface area contributed by atoms with Gasteiger partial charge in [0.15, 0.2) is 0 Å². The van der Waals surface area contributed by atoms with E-state index in [1.807, 2.05) is 49.2 Å². The molecule has 0 saturated carbocycles. The summed E-state index contributed by atoms with van der Waals surface area (Å²) < 4.78 is 0. The van der Waals surface area contributed by atoms with Crippen LogP contribution in [0.4, 0.5) is 0 Å². The van der Waals surface area contributed by atoms with Crippen molar-refractivity contribution in [2.75, 3.05) is 0 Å². The summed E-state index contributed by atoms with van der Waals surface area (Å²) in [5.41, 5.74) is 3.50. The molecular formula is C15H14LiN. The largest absolute Gasteiger partial charge is 1.00 e. The van der Waals surface area contributed by atoms with E-state index >= 15 is 0 Å². The van der Waals surface area contributed by atoms with Gasteiger partial charge in [0.25, 0.3) is 0 Å². The van der Waals surface area contributed by atoms with Crippen molar-refractivity contribution in [3.05, 3.63) is 77.8 Å². The second-order valence-electron chi connectivity index (χ2n) is 3.73. The minimum absolute atomic E-state index is 0. The van der Waals surface area contributed by atoms with E-state index < -0.39 is 0 Å². The summed E-state index contributed by atoms with van der Waals surface area (Å²) in [5.74, 6) is 0. The summed E-state index contributed by atoms with van der Waals surface area (Å²) in [4.78, 5) is 4.30. The zero-order chi connectivity index (χ0) is 11.2. The zero-order valence-electron chi connectivity index (χ0n) is 10.3. The minimum atomic E-state index is 0. The molecule has 0 aliphatic rings. The molecule has 0 amide bonds. The Morgan fingerprint density at radius 1 is 1.00 bits per heavy atom. The van der Waals surface area contributed by atoms with Gasteiger partial charge in [0.2, 0.25) is 0 Å². The monoisotopic (exact) mass is 215 g/mol. The molecule has 2 aromatic carbocycles. The standard InChI is InChI=1S/C15H14N.Li/c1-13-6-5-9-15(10-13)12-16-11-14-7-3-2-4-8-14;/h2-12H,1H3;/q-1;+1. The quantitative estimate of drug-likeness (QED) is 0.404. The molecule has 0 bridgehead atoms. The molecule has 0 aromatic heterocycles. The van der Waals surface area contributed by atoms with Crippen LogP contribution in [0.3, 0.4) is 0 Å². The van der Waals surface area contributed by atoms with Crippen molar-refractivity contribution in [2.45, 2.75) is 6.92 Å². The van der Waals surface area contributed by atoms with Gasteiger partial charge in [0, 0.05) is 0 Å². The third kappa shape index (κ3) is 4.52. The Kier molecular flexibility index (Phi) is 5.63. The summed E-state index contributed by atoms with van der Waals surface area (Å²) in [6.45, 7) is 3.95. The fourth-order valence-corrected chi connectivity index (χ4v) is 1.50. The van der Waals surface area contributed by atoms with Gasteiger partial charge in [-0.15, -0.1) is 29.8 Å². The molecule has 0 aliphatic carbocycles. The van der Waals surface area contributed by atoms with Crippen LogP contribution in [0.1, 0.15) is 16.7 Å². The van der Waals surface area contributed by atoms with Crippen LogP contribution in [-0.2, 0) is 0 Å². The molecule has 0 unspecified atom stereocenters. The maximum atomic E-state index is 4.30. The molecule has 80 valence electrons. The van der Waals surface area contributed by atoms with Gasteiger partial charge in [-0.05, 0) is 18.7 Å². The smallest absolute Gasteiger partial charge is 0.358 e. The van der Waals surface area contributed by atoms with E-state index in [2.05, 4.69) is 30.1 Å². The van der Waals surface area contributed by atoms with E-state index in [9.17, 15) is 0 Å². The van der Waals surface area contributed by atoms with E-state index in [1.165, 1.54) is 5.56 Å². The van der Waals surface area contributed by atoms with Crippen LogP contribution < -0.4 is 18.9 Å². The molecule has 2 heteroatoms. The first-order chi connectivity index (χ1) is 7.84. The van der Waals surface area contributed by atoms with Gasteiger partial charge < -0.3 is 4.99 Å². The maximum Gasteiger partial charge on any atom is 1.00 e. The van der Waals surface area contributed by atoms with Gasteiger partial charge >= 0.3 is 18.9 Å². The van der Waals surface area contributed by atoms with E-state index in [0.717, 1.165) is 11.1 Å². The number of benzene rings is 2. The van der Waals surface area contributed by atoms with Crippen molar-refractivity contribution in [1.29, 1.82) is 0 Å². The second kappa shape index (κ2) is 7.01. The number of aryl methyl sites for hydroxylation is 1. The predicted molar refractivity (Wildman–Crippen MR) is 68.6 cm³/mol. The van der Waals surface area contributed by atoms with Crippen molar-refractivity contribution >= 4 is 6.21 Å². The van der Waals surface area contributed by atoms with Gasteiger partial charge in [-0.25, -0.2) is 0 Å². The normalized spacial score (nSPS) is 9.94. The predicted octanol–water partition coefficient (Wildman–Crippen LogP) is 0.628. The van der Waals surface area contributed by atoms with E-state index in [0.29, 0.717) is 0 Å². The Morgan fingerprint density at radius 3 is 2.47 bits per heavy atom. The molecule has 2 rings (SSSR count). The van der Waals surface area contributed by atoms with Crippen molar-refractivity contribution in [3.63, 3.8) is 0 Å². The summed E-state index contributed by atoms with van der Waals surface area (Å²) in [6.07, 6.45) is 1.88. The summed E-state index contributed by atoms with van der Waals surface area (Å²) >= 11 is 0. The first kappa shape index (κ1) is 13.6. The minimum Gasteiger partial charge on any atom is -0.358 e. The average molecular weight is 215 g/mol. The molecule has 0 aliphatic heterocycles. The Balaban J connectivity index is 0.00000144. The van der Waals surface area contributed by atoms with Crippen LogP contribution in [0.25, 0.3) is 0 Å². The fourth-order valence-electron chi connectivity index (χ4n) is 1.50. The third-order valence-electron chi connectivity index (χ3n) is 2.29. The second-order valence-corrected chi connectivity index (χ2v) is 3.73. The number of hydrogen-bond donors (Lipinski definition) is 0. The molecule has 2 aromatic rings. The molecule has 0 heterocycles. The Bertz CT molecular complexity index is 477. The third-order valence-corrected chi connectivity index (χ3v) is 2.29. The molecule has 0 saturated heterocycles. The van der Waals surface area contributed by atoms with Gasteiger partial charge in [0.05, 0.1) is 0 Å². The molecule has 1 nitrogen and oxygen atoms in total. The number of rotatable bonds is 3. The summed E-state index contributed by atoms with van der Waals surface area (Å²) in [6, 6.07) is 18.4. The Morgan fingerprint density at radius 2 is 1.76 bits per heavy atom.